The van der Waals surface area contributed by atoms with Crippen LogP contribution in [0.2, 0.25) is 0 Å². The third-order valence-corrected chi connectivity index (χ3v) is 28.1. The van der Waals surface area contributed by atoms with Crippen molar-refractivity contribution in [1.29, 1.82) is 0 Å². The summed E-state index contributed by atoms with van der Waals surface area (Å²) in [6.45, 7) is 68.1. The fourth-order valence-corrected chi connectivity index (χ4v) is 21.5. The number of hydrogen-bond acceptors (Lipinski definition) is 6. The van der Waals surface area contributed by atoms with Crippen molar-refractivity contribution in [2.24, 2.45) is 10.8 Å². The van der Waals surface area contributed by atoms with Crippen LogP contribution in [-0.2, 0) is 83.7 Å². The molecule has 78 heavy (non-hydrogen) atoms. The van der Waals surface area contributed by atoms with Gasteiger partial charge < -0.3 is 48.8 Å². The first-order chi connectivity index (χ1) is 32.8. The van der Waals surface area contributed by atoms with Gasteiger partial charge in [-0.25, -0.2) is 0 Å². The summed E-state index contributed by atoms with van der Waals surface area (Å²) in [5, 5.41) is 36.3. The van der Waals surface area contributed by atoms with Gasteiger partial charge in [-0.1, -0.05) is 319 Å². The minimum absolute atomic E-state index is 0. The van der Waals surface area contributed by atoms with Crippen LogP contribution in [0.25, 0.3) is 20.3 Å². The third kappa shape index (κ3) is 35.1. The minimum Gasteiger partial charge on any atom is -0.850 e. The molecule has 452 valence electrons. The van der Waals surface area contributed by atoms with Crippen LogP contribution in [-0.4, -0.2) is 78.6 Å². The summed E-state index contributed by atoms with van der Waals surface area (Å²) in [6, 6.07) is 24.0. The van der Waals surface area contributed by atoms with E-state index in [1.165, 1.54) is 0 Å². The Hall–Kier alpha value is 1.33. The molecule has 0 aliphatic carbocycles. The zero-order valence-corrected chi connectivity index (χ0v) is 66.2. The van der Waals surface area contributed by atoms with E-state index in [4.69, 9.17) is 20.3 Å². The van der Waals surface area contributed by atoms with Crippen molar-refractivity contribution in [3.63, 3.8) is 0 Å². The molecule has 0 spiro atoms. The average molecular weight is 1320 g/mol. The van der Waals surface area contributed by atoms with Crippen LogP contribution in [0.15, 0.2) is 72.8 Å². The molecule has 0 saturated carbocycles. The summed E-state index contributed by atoms with van der Waals surface area (Å²) >= 11 is 0. The molecule has 0 heterocycles. The van der Waals surface area contributed by atoms with Gasteiger partial charge in [-0.15, -0.1) is 37.4 Å². The van der Waals surface area contributed by atoms with Gasteiger partial charge in [-0.05, 0) is 41.2 Å². The van der Waals surface area contributed by atoms with E-state index < -0.39 is 40.4 Å². The summed E-state index contributed by atoms with van der Waals surface area (Å²) in [4.78, 5) is 0. The number of rotatable bonds is 12. The van der Waals surface area contributed by atoms with E-state index >= 15 is 0 Å². The Morgan fingerprint density at radius 2 is 0.321 bits per heavy atom. The number of nitrogens with zero attached hydrogens (tertiary/aromatic N) is 4. The van der Waals surface area contributed by atoms with Crippen molar-refractivity contribution in [2.45, 2.75) is 288 Å². The van der Waals surface area contributed by atoms with E-state index in [2.05, 4.69) is 27.7 Å². The topological polar surface area (TPSA) is 171 Å². The van der Waals surface area contributed by atoms with E-state index in [0.717, 1.165) is 0 Å². The summed E-state index contributed by atoms with van der Waals surface area (Å²) < 4.78 is 55.1. The molecule has 0 saturated heterocycles. The first-order valence-corrected chi connectivity index (χ1v) is 34.0. The van der Waals surface area contributed by atoms with Crippen molar-refractivity contribution < 1.29 is 93.9 Å². The van der Waals surface area contributed by atoms with Crippen molar-refractivity contribution in [3.05, 3.63) is 93.1 Å². The quantitative estimate of drug-likeness (QED) is 0.191. The Morgan fingerprint density at radius 1 is 0.244 bits per heavy atom. The normalized spacial score (nSPS) is 13.8. The largest absolute Gasteiger partial charge is 3.00 e. The van der Waals surface area contributed by atoms with E-state index in [0.29, 0.717) is 26.2 Å². The molecule has 0 amide bonds. The van der Waals surface area contributed by atoms with Gasteiger partial charge in [0.2, 0.25) is 0 Å². The fraction of sp³-hybridized carbons (Fsp3) is 0.806. The standard InChI is InChI=1S/2C21H46N2O2P2.2C6H6.2C4H9O.2Y/c2*1-17(2,3)26(24,18(4,5)6)22-15-21(13,14)16-23-27(25,19(7,8)9)20(10,11)12;2*1-2-4-6-5-3-1;2*1-4(2,3)5;;/h2*15-16H2,1-14H3;2*1-6H;2*1-3H3;;/q2*-2;;;2*-1;2*+3. The predicted octanol–water partition coefficient (Wildman–Crippen LogP) is 20.7. The van der Waals surface area contributed by atoms with E-state index in [1.54, 1.807) is 41.5 Å². The second kappa shape index (κ2) is 34.0. The van der Waals surface area contributed by atoms with E-state index in [-0.39, 0.29) is 117 Å². The molecule has 0 unspecified atom stereocenters. The molecule has 0 aromatic heterocycles. The van der Waals surface area contributed by atoms with Crippen LogP contribution in [0.3, 0.4) is 0 Å². The maximum Gasteiger partial charge on any atom is 3.00 e. The van der Waals surface area contributed by atoms with Crippen LogP contribution in [0.5, 0.6) is 0 Å². The first kappa shape index (κ1) is 90.5. The van der Waals surface area contributed by atoms with Gasteiger partial charge in [0.25, 0.3) is 0 Å². The smallest absolute Gasteiger partial charge is 0.850 e. The Morgan fingerprint density at radius 3 is 0.385 bits per heavy atom. The van der Waals surface area contributed by atoms with Gasteiger partial charge in [0.05, 0.1) is 0 Å². The van der Waals surface area contributed by atoms with Gasteiger partial charge in [0.15, 0.2) is 0 Å². The molecule has 0 aliphatic heterocycles. The molecule has 2 aromatic rings. The van der Waals surface area contributed by atoms with Gasteiger partial charge in [0, 0.05) is 29.2 Å². The third-order valence-electron chi connectivity index (χ3n) is 11.4. The summed E-state index contributed by atoms with van der Waals surface area (Å²) in [5.74, 6) is 0. The van der Waals surface area contributed by atoms with Crippen molar-refractivity contribution >= 4 is 29.2 Å². The molecule has 0 radical (unpaired) electrons. The molecule has 2 aromatic carbocycles. The molecule has 0 N–H and O–H groups in total. The predicted molar refractivity (Wildman–Crippen MR) is 341 cm³/mol. The summed E-state index contributed by atoms with van der Waals surface area (Å²) in [7, 11) is -11.2. The van der Waals surface area contributed by atoms with E-state index in [9.17, 15) is 28.5 Å². The molecule has 0 aliphatic rings. The second-order valence-electron chi connectivity index (χ2n) is 31.7. The molecular weight excluding hydrogens is 1200 g/mol. The van der Waals surface area contributed by atoms with Gasteiger partial charge >= 0.3 is 65.4 Å². The van der Waals surface area contributed by atoms with Crippen LogP contribution in [0.4, 0.5) is 0 Å². The van der Waals surface area contributed by atoms with E-state index in [1.807, 2.05) is 239 Å². The first-order valence-electron chi connectivity index (χ1n) is 27.4. The van der Waals surface area contributed by atoms with Gasteiger partial charge in [-0.2, -0.15) is 0 Å². The maximum absolute atomic E-state index is 13.8. The average Bonchev–Trinajstić information content (AvgIpc) is 3.17. The van der Waals surface area contributed by atoms with Gasteiger partial charge in [0.1, 0.15) is 0 Å². The van der Waals surface area contributed by atoms with Gasteiger partial charge in [-0.3, -0.25) is 0 Å². The van der Waals surface area contributed by atoms with Crippen LogP contribution in [0.1, 0.15) is 235 Å². The van der Waals surface area contributed by atoms with Crippen LogP contribution >= 0.6 is 29.2 Å². The molecule has 2 rings (SSSR count). The van der Waals surface area contributed by atoms with Crippen LogP contribution < -0.4 is 10.2 Å². The summed E-state index contributed by atoms with van der Waals surface area (Å²) in [6.07, 6.45) is 0. The van der Waals surface area contributed by atoms with Crippen molar-refractivity contribution in [3.8, 4) is 0 Å². The zero-order valence-electron chi connectivity index (χ0n) is 56.9. The number of benzene rings is 2. The Bertz CT molecular complexity index is 1710. The van der Waals surface area contributed by atoms with Crippen molar-refractivity contribution in [1.82, 2.24) is 0 Å². The monoisotopic (exact) mass is 1320 g/mol. The number of hydrogen-bond donors (Lipinski definition) is 0. The fourth-order valence-electron chi connectivity index (χ4n) is 7.76. The summed E-state index contributed by atoms with van der Waals surface area (Å²) in [5.41, 5.74) is -2.09. The molecule has 0 fully saturated rings. The molecule has 10 nitrogen and oxygen atoms in total. The maximum atomic E-state index is 13.8. The second-order valence-corrected chi connectivity index (χ2v) is 48.2. The Labute approximate surface area is 536 Å². The molecule has 0 atom stereocenters. The minimum atomic E-state index is -2.80. The van der Waals surface area contributed by atoms with Crippen molar-refractivity contribution in [2.75, 3.05) is 26.2 Å². The Balaban J connectivity index is -0.000000233. The zero-order chi connectivity index (χ0) is 62.1. The molecular formula is C62H122N4O6P4Y2. The molecule has 16 heteroatoms. The Kier molecular flexibility index (Phi) is 39.5. The SMILES string of the molecule is CC(C)(C)[O-].CC(C)(C)[O-].CC(C)(C[N-]P(=O)(C(C)(C)C)C(C)(C)C)C[N-]P(=O)(C(C)(C)C)C(C)(C)C.CC(C)(C[N-]P(=O)(C(C)(C)C)C(C)(C)C)C[N-]P(=O)(C(C)(C)C)C(C)(C)C.[Y+3].[Y+3].c1ccccc1.c1ccccc1. The van der Waals surface area contributed by atoms with Crippen LogP contribution in [0, 0.1) is 10.8 Å². The molecule has 0 bridgehead atoms.